The van der Waals surface area contributed by atoms with Gasteiger partial charge in [0.15, 0.2) is 11.5 Å². The molecule has 0 amide bonds. The van der Waals surface area contributed by atoms with Crippen LogP contribution < -0.4 is 14.8 Å². The van der Waals surface area contributed by atoms with Gasteiger partial charge in [-0.1, -0.05) is 11.6 Å². The van der Waals surface area contributed by atoms with Crippen molar-refractivity contribution in [3.8, 4) is 11.5 Å². The van der Waals surface area contributed by atoms with E-state index in [0.717, 1.165) is 12.1 Å². The maximum absolute atomic E-state index is 6.19. The number of methoxy groups -OCH3 is 1. The van der Waals surface area contributed by atoms with Crippen LogP contribution in [0.5, 0.6) is 11.5 Å². The first-order chi connectivity index (χ1) is 8.24. The van der Waals surface area contributed by atoms with Gasteiger partial charge in [-0.3, -0.25) is 0 Å². The minimum atomic E-state index is 0. The molecule has 1 aliphatic carbocycles. The highest BCUT2D eigenvalue weighted by molar-refractivity contribution is 6.32. The van der Waals surface area contributed by atoms with Gasteiger partial charge >= 0.3 is 0 Å². The Morgan fingerprint density at radius 3 is 2.67 bits per heavy atom. The smallest absolute Gasteiger partial charge is 0.179 e. The first kappa shape index (κ1) is 15.4. The molecule has 1 saturated carbocycles. The van der Waals surface area contributed by atoms with Crippen LogP contribution in [0.25, 0.3) is 0 Å². The van der Waals surface area contributed by atoms with Gasteiger partial charge in [0.2, 0.25) is 0 Å². The van der Waals surface area contributed by atoms with Crippen LogP contribution in [-0.4, -0.2) is 19.8 Å². The van der Waals surface area contributed by atoms with Crippen LogP contribution in [0, 0.1) is 0 Å². The van der Waals surface area contributed by atoms with Crippen molar-refractivity contribution >= 4 is 24.0 Å². The molecule has 0 saturated heterocycles. The standard InChI is InChI=1S/C13H18ClNO2.ClH/c1-3-17-13-11(14)6-9(7-12(13)16-2)8-15-10-4-5-10;/h6-7,10,15H,3-5,8H2,1-2H3;1H. The Bertz CT molecular complexity index is 395. The Morgan fingerprint density at radius 2 is 2.11 bits per heavy atom. The lowest BCUT2D eigenvalue weighted by Gasteiger charge is -2.13. The number of halogens is 2. The molecule has 0 aliphatic heterocycles. The van der Waals surface area contributed by atoms with E-state index in [1.165, 1.54) is 12.8 Å². The molecule has 18 heavy (non-hydrogen) atoms. The monoisotopic (exact) mass is 291 g/mol. The lowest BCUT2D eigenvalue weighted by Crippen LogP contribution is -2.15. The molecule has 1 fully saturated rings. The Kier molecular flexibility index (Phi) is 6.06. The number of rotatable bonds is 6. The van der Waals surface area contributed by atoms with Crippen LogP contribution in [0.1, 0.15) is 25.3 Å². The second-order valence-corrected chi connectivity index (χ2v) is 4.60. The van der Waals surface area contributed by atoms with E-state index in [4.69, 9.17) is 21.1 Å². The van der Waals surface area contributed by atoms with Crippen molar-refractivity contribution in [3.05, 3.63) is 22.7 Å². The number of nitrogens with one attached hydrogen (secondary N) is 1. The SMILES string of the molecule is CCOc1c(Cl)cc(CNC2CC2)cc1OC.Cl. The largest absolute Gasteiger partial charge is 0.493 e. The van der Waals surface area contributed by atoms with Crippen LogP contribution in [-0.2, 0) is 6.54 Å². The van der Waals surface area contributed by atoms with E-state index in [-0.39, 0.29) is 12.4 Å². The third kappa shape index (κ3) is 3.94. The average molecular weight is 292 g/mol. The van der Waals surface area contributed by atoms with Crippen molar-refractivity contribution in [3.63, 3.8) is 0 Å². The fourth-order valence-electron chi connectivity index (χ4n) is 1.71. The first-order valence-electron chi connectivity index (χ1n) is 5.97. The molecule has 0 unspecified atom stereocenters. The molecule has 5 heteroatoms. The molecule has 0 spiro atoms. The Labute approximate surface area is 119 Å². The Morgan fingerprint density at radius 1 is 1.39 bits per heavy atom. The molecule has 0 radical (unpaired) electrons. The van der Waals surface area contributed by atoms with Gasteiger partial charge in [0.05, 0.1) is 18.7 Å². The van der Waals surface area contributed by atoms with Gasteiger partial charge in [-0.2, -0.15) is 0 Å². The molecule has 0 aromatic heterocycles. The molecule has 1 aromatic carbocycles. The van der Waals surface area contributed by atoms with Crippen molar-refractivity contribution < 1.29 is 9.47 Å². The molecule has 1 aliphatic rings. The summed E-state index contributed by atoms with van der Waals surface area (Å²) in [4.78, 5) is 0. The molecule has 1 N–H and O–H groups in total. The number of benzene rings is 1. The van der Waals surface area contributed by atoms with Crippen molar-refractivity contribution in [1.29, 1.82) is 0 Å². The highest BCUT2D eigenvalue weighted by Crippen LogP contribution is 2.36. The number of hydrogen-bond acceptors (Lipinski definition) is 3. The Balaban J connectivity index is 0.00000162. The van der Waals surface area contributed by atoms with Gasteiger partial charge in [0.25, 0.3) is 0 Å². The van der Waals surface area contributed by atoms with E-state index >= 15 is 0 Å². The second-order valence-electron chi connectivity index (χ2n) is 4.20. The summed E-state index contributed by atoms with van der Waals surface area (Å²) in [5.74, 6) is 1.33. The molecule has 1 aromatic rings. The van der Waals surface area contributed by atoms with E-state index in [9.17, 15) is 0 Å². The molecule has 3 nitrogen and oxygen atoms in total. The maximum Gasteiger partial charge on any atom is 0.179 e. The number of hydrogen-bond donors (Lipinski definition) is 1. The summed E-state index contributed by atoms with van der Waals surface area (Å²) in [7, 11) is 1.63. The second kappa shape index (κ2) is 7.07. The average Bonchev–Trinajstić information content (AvgIpc) is 3.13. The van der Waals surface area contributed by atoms with E-state index in [1.807, 2.05) is 19.1 Å². The summed E-state index contributed by atoms with van der Waals surface area (Å²) >= 11 is 6.19. The van der Waals surface area contributed by atoms with E-state index < -0.39 is 0 Å². The summed E-state index contributed by atoms with van der Waals surface area (Å²) in [6.45, 7) is 3.33. The zero-order chi connectivity index (χ0) is 12.3. The quantitative estimate of drug-likeness (QED) is 0.871. The zero-order valence-corrected chi connectivity index (χ0v) is 12.2. The minimum absolute atomic E-state index is 0. The molecular weight excluding hydrogens is 273 g/mol. The number of ether oxygens (including phenoxy) is 2. The summed E-state index contributed by atoms with van der Waals surface area (Å²) < 4.78 is 10.8. The molecule has 0 heterocycles. The summed E-state index contributed by atoms with van der Waals surface area (Å²) in [5.41, 5.74) is 1.13. The van der Waals surface area contributed by atoms with E-state index in [2.05, 4.69) is 5.32 Å². The molecule has 2 rings (SSSR count). The van der Waals surface area contributed by atoms with E-state index in [0.29, 0.717) is 29.2 Å². The van der Waals surface area contributed by atoms with Crippen molar-refractivity contribution in [1.82, 2.24) is 5.32 Å². The minimum Gasteiger partial charge on any atom is -0.493 e. The predicted molar refractivity (Wildman–Crippen MR) is 76.3 cm³/mol. The predicted octanol–water partition coefficient (Wildman–Crippen LogP) is 3.42. The highest BCUT2D eigenvalue weighted by Gasteiger charge is 2.20. The van der Waals surface area contributed by atoms with Crippen LogP contribution in [0.15, 0.2) is 12.1 Å². The van der Waals surface area contributed by atoms with Crippen molar-refractivity contribution in [2.45, 2.75) is 32.4 Å². The lowest BCUT2D eigenvalue weighted by molar-refractivity contribution is 0.311. The van der Waals surface area contributed by atoms with Gasteiger partial charge in [0, 0.05) is 12.6 Å². The normalized spacial score (nSPS) is 13.9. The Hall–Kier alpha value is -0.640. The third-order valence-corrected chi connectivity index (χ3v) is 3.03. The fraction of sp³-hybridized carbons (Fsp3) is 0.538. The molecule has 0 bridgehead atoms. The fourth-order valence-corrected chi connectivity index (χ4v) is 2.00. The van der Waals surface area contributed by atoms with Gasteiger partial charge in [-0.05, 0) is 37.5 Å². The van der Waals surface area contributed by atoms with Crippen molar-refractivity contribution in [2.24, 2.45) is 0 Å². The van der Waals surface area contributed by atoms with Gasteiger partial charge < -0.3 is 14.8 Å². The van der Waals surface area contributed by atoms with Crippen LogP contribution >= 0.6 is 24.0 Å². The first-order valence-corrected chi connectivity index (χ1v) is 6.35. The summed E-state index contributed by atoms with van der Waals surface area (Å²) in [6, 6.07) is 4.60. The van der Waals surface area contributed by atoms with Gasteiger partial charge in [-0.15, -0.1) is 12.4 Å². The summed E-state index contributed by atoms with van der Waals surface area (Å²) in [5, 5.41) is 4.06. The van der Waals surface area contributed by atoms with E-state index in [1.54, 1.807) is 7.11 Å². The van der Waals surface area contributed by atoms with Crippen molar-refractivity contribution in [2.75, 3.05) is 13.7 Å². The van der Waals surface area contributed by atoms with Crippen LogP contribution in [0.4, 0.5) is 0 Å². The van der Waals surface area contributed by atoms with Gasteiger partial charge in [-0.25, -0.2) is 0 Å². The summed E-state index contributed by atoms with van der Waals surface area (Å²) in [6.07, 6.45) is 2.56. The third-order valence-electron chi connectivity index (χ3n) is 2.75. The molecule has 102 valence electrons. The lowest BCUT2D eigenvalue weighted by atomic mass is 10.2. The zero-order valence-electron chi connectivity index (χ0n) is 10.7. The molecule has 0 atom stereocenters. The van der Waals surface area contributed by atoms with Gasteiger partial charge in [0.1, 0.15) is 0 Å². The molecular formula is C13H19Cl2NO2. The van der Waals surface area contributed by atoms with Crippen LogP contribution in [0.2, 0.25) is 5.02 Å². The highest BCUT2D eigenvalue weighted by atomic mass is 35.5. The van der Waals surface area contributed by atoms with Crippen LogP contribution in [0.3, 0.4) is 0 Å². The maximum atomic E-state index is 6.19. The topological polar surface area (TPSA) is 30.5 Å².